The topological polar surface area (TPSA) is 96.0 Å². The summed E-state index contributed by atoms with van der Waals surface area (Å²) < 4.78 is 35.9. The molecule has 0 aliphatic carbocycles. The van der Waals surface area contributed by atoms with E-state index in [0.29, 0.717) is 24.6 Å². The van der Waals surface area contributed by atoms with Crippen LogP contribution >= 0.6 is 15.9 Å². The first-order valence-corrected chi connectivity index (χ1v) is 17.5. The largest absolute Gasteiger partial charge is 0.494 e. The van der Waals surface area contributed by atoms with Gasteiger partial charge in [-0.05, 0) is 79.9 Å². The fourth-order valence-corrected chi connectivity index (χ4v) is 6.85. The van der Waals surface area contributed by atoms with Crippen LogP contribution in [0.3, 0.4) is 0 Å². The summed E-state index contributed by atoms with van der Waals surface area (Å²) in [5, 5.41) is 2.96. The van der Waals surface area contributed by atoms with Crippen molar-refractivity contribution in [2.24, 2.45) is 0 Å². The van der Waals surface area contributed by atoms with Crippen LogP contribution in [0.2, 0.25) is 0 Å². The van der Waals surface area contributed by atoms with E-state index in [9.17, 15) is 18.0 Å². The molecule has 10 heteroatoms. The second-order valence-corrected chi connectivity index (χ2v) is 13.7. The summed E-state index contributed by atoms with van der Waals surface area (Å²) in [7, 11) is -4.20. The van der Waals surface area contributed by atoms with Crippen LogP contribution in [0, 0.1) is 6.92 Å². The van der Waals surface area contributed by atoms with Crippen LogP contribution in [0.15, 0.2) is 112 Å². The van der Waals surface area contributed by atoms with Crippen LogP contribution in [0.5, 0.6) is 5.75 Å². The lowest BCUT2D eigenvalue weighted by Crippen LogP contribution is -2.53. The molecule has 2 amide bonds. The van der Waals surface area contributed by atoms with Gasteiger partial charge < -0.3 is 15.0 Å². The van der Waals surface area contributed by atoms with Crippen molar-refractivity contribution in [3.63, 3.8) is 0 Å². The highest BCUT2D eigenvalue weighted by Gasteiger charge is 2.34. The van der Waals surface area contributed by atoms with E-state index >= 15 is 0 Å². The molecule has 4 aromatic rings. The maximum absolute atomic E-state index is 14.5. The van der Waals surface area contributed by atoms with Crippen molar-refractivity contribution in [3.05, 3.63) is 124 Å². The molecule has 0 aliphatic rings. The summed E-state index contributed by atoms with van der Waals surface area (Å²) >= 11 is 3.51. The summed E-state index contributed by atoms with van der Waals surface area (Å²) in [6, 6.07) is 29.2. The van der Waals surface area contributed by atoms with Crippen LogP contribution in [0.4, 0.5) is 5.69 Å². The van der Waals surface area contributed by atoms with E-state index < -0.39 is 28.5 Å². The molecular weight excluding hydrogens is 666 g/mol. The number of hydrogen-bond acceptors (Lipinski definition) is 5. The number of hydrogen-bond donors (Lipinski definition) is 1. The number of sulfonamides is 1. The van der Waals surface area contributed by atoms with Gasteiger partial charge in [-0.1, -0.05) is 83.0 Å². The first-order chi connectivity index (χ1) is 22.1. The zero-order valence-corrected chi connectivity index (χ0v) is 28.8. The molecule has 46 heavy (non-hydrogen) atoms. The van der Waals surface area contributed by atoms with Gasteiger partial charge in [0.2, 0.25) is 11.8 Å². The van der Waals surface area contributed by atoms with Crippen LogP contribution in [-0.4, -0.2) is 50.9 Å². The molecule has 0 unspecified atom stereocenters. The molecule has 0 fully saturated rings. The minimum Gasteiger partial charge on any atom is -0.494 e. The Morgan fingerprint density at radius 1 is 0.870 bits per heavy atom. The van der Waals surface area contributed by atoms with E-state index in [4.69, 9.17) is 4.74 Å². The number of halogens is 1. The van der Waals surface area contributed by atoms with Gasteiger partial charge in [-0.2, -0.15) is 0 Å². The number of anilines is 1. The number of aryl methyl sites for hydroxylation is 1. The molecular formula is C36H40BrN3O5S. The van der Waals surface area contributed by atoms with Gasteiger partial charge in [-0.15, -0.1) is 0 Å². The lowest BCUT2D eigenvalue weighted by Gasteiger charge is -2.34. The van der Waals surface area contributed by atoms with Crippen molar-refractivity contribution in [2.75, 3.05) is 24.0 Å². The molecule has 1 atom stereocenters. The first-order valence-electron chi connectivity index (χ1n) is 15.3. The molecule has 0 saturated heterocycles. The highest BCUT2D eigenvalue weighted by atomic mass is 79.9. The molecule has 242 valence electrons. The van der Waals surface area contributed by atoms with E-state index in [2.05, 4.69) is 21.2 Å². The van der Waals surface area contributed by atoms with Crippen molar-refractivity contribution < 1.29 is 22.7 Å². The van der Waals surface area contributed by atoms with Crippen LogP contribution < -0.4 is 14.4 Å². The van der Waals surface area contributed by atoms with Crippen LogP contribution in [0.25, 0.3) is 0 Å². The molecule has 0 aliphatic heterocycles. The molecule has 0 spiro atoms. The Balaban J connectivity index is 1.78. The van der Waals surface area contributed by atoms with Gasteiger partial charge in [0.25, 0.3) is 10.0 Å². The molecule has 4 aromatic carbocycles. The minimum absolute atomic E-state index is 0.0180. The number of carbonyl (C=O) groups excluding carboxylic acids is 2. The smallest absolute Gasteiger partial charge is 0.264 e. The number of nitrogens with zero attached hydrogens (tertiary/aromatic N) is 2. The Labute approximate surface area is 280 Å². The number of carbonyl (C=O) groups is 2. The van der Waals surface area contributed by atoms with Crippen molar-refractivity contribution in [2.45, 2.75) is 51.1 Å². The summed E-state index contributed by atoms with van der Waals surface area (Å²) in [6.07, 6.45) is 0.983. The zero-order valence-electron chi connectivity index (χ0n) is 26.4. The van der Waals surface area contributed by atoms with Crippen molar-refractivity contribution >= 4 is 43.5 Å². The van der Waals surface area contributed by atoms with E-state index in [1.54, 1.807) is 36.4 Å². The number of benzene rings is 4. The van der Waals surface area contributed by atoms with Gasteiger partial charge in [-0.3, -0.25) is 13.9 Å². The highest BCUT2D eigenvalue weighted by Crippen LogP contribution is 2.27. The fraction of sp³-hybridized carbons (Fsp3) is 0.278. The van der Waals surface area contributed by atoms with Crippen LogP contribution in [0.1, 0.15) is 37.0 Å². The summed E-state index contributed by atoms with van der Waals surface area (Å²) in [6.45, 7) is 6.19. The molecule has 8 nitrogen and oxygen atoms in total. The third kappa shape index (κ3) is 9.20. The number of nitrogens with one attached hydrogen (secondary N) is 1. The van der Waals surface area contributed by atoms with E-state index in [1.165, 1.54) is 17.0 Å². The molecule has 4 rings (SSSR count). The molecule has 0 radical (unpaired) electrons. The van der Waals surface area contributed by atoms with Crippen molar-refractivity contribution in [3.8, 4) is 5.75 Å². The predicted octanol–water partition coefficient (Wildman–Crippen LogP) is 6.52. The SMILES string of the molecule is CCCNC(=O)[C@H](Cc1ccccc1)N(Cc1cccc(Br)c1)C(=O)CN(c1ccc(C)cc1)S(=O)(=O)c1ccc(OCC)cc1. The number of ether oxygens (including phenoxy) is 1. The van der Waals surface area contributed by atoms with Gasteiger partial charge in [-0.25, -0.2) is 8.42 Å². The summed E-state index contributed by atoms with van der Waals surface area (Å²) in [5.41, 5.74) is 2.95. The van der Waals surface area contributed by atoms with Gasteiger partial charge in [0.05, 0.1) is 17.2 Å². The van der Waals surface area contributed by atoms with Crippen LogP contribution in [-0.2, 0) is 32.6 Å². The monoisotopic (exact) mass is 705 g/mol. The van der Waals surface area contributed by atoms with Gasteiger partial charge in [0.1, 0.15) is 18.3 Å². The standard InChI is InChI=1S/C36H40BrN3O5S/c1-4-22-38-36(42)34(24-28-10-7-6-8-11-28)39(25-29-12-9-13-30(37)23-29)35(41)26-40(31-16-14-27(3)15-17-31)46(43,44)33-20-18-32(19-21-33)45-5-2/h6-21,23,34H,4-5,22,24-26H2,1-3H3,(H,38,42)/t34-/m0/s1. The molecule has 0 aromatic heterocycles. The second kappa shape index (κ2) is 16.4. The number of rotatable bonds is 15. The highest BCUT2D eigenvalue weighted by molar-refractivity contribution is 9.10. The van der Waals surface area contributed by atoms with E-state index in [0.717, 1.165) is 31.9 Å². The Morgan fingerprint density at radius 3 is 2.17 bits per heavy atom. The third-order valence-corrected chi connectivity index (χ3v) is 9.67. The Bertz CT molecular complexity index is 1700. The van der Waals surface area contributed by atoms with E-state index in [1.807, 2.05) is 75.4 Å². The second-order valence-electron chi connectivity index (χ2n) is 10.9. The van der Waals surface area contributed by atoms with Gasteiger partial charge >= 0.3 is 0 Å². The van der Waals surface area contributed by atoms with Gasteiger partial charge in [0, 0.05) is 24.0 Å². The quantitative estimate of drug-likeness (QED) is 0.152. The lowest BCUT2D eigenvalue weighted by atomic mass is 10.0. The minimum atomic E-state index is -4.20. The van der Waals surface area contributed by atoms with Gasteiger partial charge in [0.15, 0.2) is 0 Å². The van der Waals surface area contributed by atoms with E-state index in [-0.39, 0.29) is 23.8 Å². The number of amides is 2. The lowest BCUT2D eigenvalue weighted by molar-refractivity contribution is -0.140. The normalized spacial score (nSPS) is 11.8. The molecule has 1 N–H and O–H groups in total. The Hall–Kier alpha value is -4.15. The Kier molecular flexibility index (Phi) is 12.4. The van der Waals surface area contributed by atoms with Crippen molar-refractivity contribution in [1.29, 1.82) is 0 Å². The Morgan fingerprint density at radius 2 is 1.54 bits per heavy atom. The summed E-state index contributed by atoms with van der Waals surface area (Å²) in [4.78, 5) is 29.8. The maximum atomic E-state index is 14.5. The third-order valence-electron chi connectivity index (χ3n) is 7.39. The predicted molar refractivity (Wildman–Crippen MR) is 185 cm³/mol. The zero-order chi connectivity index (χ0) is 33.1. The first kappa shape index (κ1) is 34.7. The molecule has 0 heterocycles. The average Bonchev–Trinajstić information content (AvgIpc) is 3.05. The fourth-order valence-electron chi connectivity index (χ4n) is 4.99. The van der Waals surface area contributed by atoms with Crippen molar-refractivity contribution in [1.82, 2.24) is 10.2 Å². The summed E-state index contributed by atoms with van der Waals surface area (Å²) in [5.74, 6) is -0.269. The average molecular weight is 707 g/mol. The molecule has 0 saturated carbocycles. The maximum Gasteiger partial charge on any atom is 0.264 e. The molecule has 0 bridgehead atoms.